The van der Waals surface area contributed by atoms with Gasteiger partial charge in [-0.3, -0.25) is 14.7 Å². The van der Waals surface area contributed by atoms with Crippen molar-refractivity contribution in [2.45, 2.75) is 17.9 Å². The Bertz CT molecular complexity index is 1580. The molecule has 0 atom stereocenters. The van der Waals surface area contributed by atoms with Crippen molar-refractivity contribution in [3.05, 3.63) is 94.9 Å². The number of aromatic amines is 2. The predicted molar refractivity (Wildman–Crippen MR) is 129 cm³/mol. The van der Waals surface area contributed by atoms with Gasteiger partial charge in [-0.25, -0.2) is 17.2 Å². The number of H-pyrrole nitrogens is 2. The molecule has 0 saturated carbocycles. The van der Waals surface area contributed by atoms with Gasteiger partial charge in [-0.15, -0.1) is 0 Å². The van der Waals surface area contributed by atoms with Crippen LogP contribution < -0.4 is 10.6 Å². The van der Waals surface area contributed by atoms with Crippen molar-refractivity contribution >= 4 is 33.3 Å². The number of halogens is 2. The molecule has 4 aromatic rings. The van der Waals surface area contributed by atoms with Crippen LogP contribution in [0.1, 0.15) is 32.0 Å². The Labute approximate surface area is 209 Å². The quantitative estimate of drug-likeness (QED) is 0.305. The van der Waals surface area contributed by atoms with E-state index in [1.165, 1.54) is 12.3 Å². The molecule has 0 saturated heterocycles. The highest BCUT2D eigenvalue weighted by molar-refractivity contribution is 7.89. The molecule has 1 aliphatic heterocycles. The molecule has 0 bridgehead atoms. The van der Waals surface area contributed by atoms with Gasteiger partial charge < -0.3 is 15.6 Å². The number of carbonyl (C=O) groups excluding carboxylic acids is 2. The van der Waals surface area contributed by atoms with Gasteiger partial charge in [-0.05, 0) is 30.3 Å². The summed E-state index contributed by atoms with van der Waals surface area (Å²) in [6.45, 7) is -0.120. The molecule has 0 fully saturated rings. The molecule has 0 spiro atoms. The molecule has 13 heteroatoms. The number of fused-ring (bicyclic) bond motifs is 1. The van der Waals surface area contributed by atoms with E-state index in [4.69, 9.17) is 0 Å². The number of hydrogen-bond acceptors (Lipinski definition) is 5. The lowest BCUT2D eigenvalue weighted by Crippen LogP contribution is -2.36. The van der Waals surface area contributed by atoms with Gasteiger partial charge in [0, 0.05) is 49.2 Å². The van der Waals surface area contributed by atoms with Gasteiger partial charge in [-0.2, -0.15) is 9.40 Å². The maximum absolute atomic E-state index is 13.7. The number of benzene rings is 2. The summed E-state index contributed by atoms with van der Waals surface area (Å²) in [7, 11) is -4.22. The molecular formula is C24H20F2N6O4S. The minimum atomic E-state index is -4.22. The van der Waals surface area contributed by atoms with E-state index in [9.17, 15) is 26.8 Å². The Morgan fingerprint density at radius 2 is 1.76 bits per heavy atom. The smallest absolute Gasteiger partial charge is 0.258 e. The summed E-state index contributed by atoms with van der Waals surface area (Å²) in [5.41, 5.74) is 1.87. The van der Waals surface area contributed by atoms with Crippen LogP contribution in [-0.4, -0.2) is 46.3 Å². The third kappa shape index (κ3) is 4.86. The highest BCUT2D eigenvalue weighted by Crippen LogP contribution is 2.29. The second-order valence-electron chi connectivity index (χ2n) is 8.28. The van der Waals surface area contributed by atoms with Crippen LogP contribution >= 0.6 is 0 Å². The lowest BCUT2D eigenvalue weighted by Gasteiger charge is -2.26. The van der Waals surface area contributed by atoms with Crippen molar-refractivity contribution in [3.63, 3.8) is 0 Å². The summed E-state index contributed by atoms with van der Waals surface area (Å²) >= 11 is 0. The Morgan fingerprint density at radius 1 is 1.00 bits per heavy atom. The van der Waals surface area contributed by atoms with Gasteiger partial charge in [-0.1, -0.05) is 12.1 Å². The normalized spacial score (nSPS) is 13.7. The first kappa shape index (κ1) is 24.3. The van der Waals surface area contributed by atoms with Gasteiger partial charge >= 0.3 is 0 Å². The summed E-state index contributed by atoms with van der Waals surface area (Å²) in [6, 6.07) is 10.1. The largest absolute Gasteiger partial charge is 0.367 e. The van der Waals surface area contributed by atoms with Crippen molar-refractivity contribution in [1.82, 2.24) is 19.5 Å². The van der Waals surface area contributed by atoms with E-state index in [1.54, 1.807) is 30.5 Å². The highest BCUT2D eigenvalue weighted by atomic mass is 32.2. The molecule has 2 aromatic heterocycles. The number of anilines is 2. The van der Waals surface area contributed by atoms with Crippen LogP contribution in [0, 0.1) is 11.6 Å². The average Bonchev–Trinajstić information content (AvgIpc) is 3.54. The number of rotatable bonds is 6. The lowest BCUT2D eigenvalue weighted by molar-refractivity contribution is 0.102. The summed E-state index contributed by atoms with van der Waals surface area (Å²) < 4.78 is 54.5. The molecule has 2 aromatic carbocycles. The number of aromatic nitrogens is 3. The van der Waals surface area contributed by atoms with Gasteiger partial charge in [0.05, 0.1) is 21.7 Å². The zero-order valence-electron chi connectivity index (χ0n) is 19.1. The fraction of sp³-hybridized carbons (Fsp3) is 0.125. The minimum absolute atomic E-state index is 0.0526. The summed E-state index contributed by atoms with van der Waals surface area (Å²) in [5, 5.41) is 12.3. The van der Waals surface area contributed by atoms with Crippen LogP contribution in [0.2, 0.25) is 0 Å². The standard InChI is InChI=1S/C24H20F2N6O4S/c25-15-9-16(26)11-17(10-15)37(35,36)32-8-6-21-19(13-32)22(31-30-21)29-24(34)18-3-1-2-4-20(18)28-23(33)14-5-7-27-12-14/h1-5,7,9-12,27H,6,8,13H2,(H,28,33)(H2,29,30,31,34). The monoisotopic (exact) mass is 526 g/mol. The summed E-state index contributed by atoms with van der Waals surface area (Å²) in [5.74, 6) is -2.89. The third-order valence-corrected chi connectivity index (χ3v) is 7.71. The maximum Gasteiger partial charge on any atom is 0.258 e. The SMILES string of the molecule is O=C(Nc1ccccc1C(=O)Nc1n[nH]c2c1CN(S(=O)(=O)c1cc(F)cc(F)c1)CC2)c1cc[nH]c1. The number of nitrogens with zero attached hydrogens (tertiary/aromatic N) is 2. The van der Waals surface area contributed by atoms with Crippen LogP contribution in [0.5, 0.6) is 0 Å². The Hall–Kier alpha value is -4.36. The van der Waals surface area contributed by atoms with E-state index in [0.29, 0.717) is 22.9 Å². The van der Waals surface area contributed by atoms with E-state index < -0.39 is 38.4 Å². The van der Waals surface area contributed by atoms with Gasteiger partial charge in [0.1, 0.15) is 11.6 Å². The maximum atomic E-state index is 13.7. The number of hydrogen-bond donors (Lipinski definition) is 4. The fourth-order valence-corrected chi connectivity index (χ4v) is 5.48. The van der Waals surface area contributed by atoms with Crippen molar-refractivity contribution < 1.29 is 26.8 Å². The number of amides is 2. The first-order valence-electron chi connectivity index (χ1n) is 11.1. The summed E-state index contributed by atoms with van der Waals surface area (Å²) in [6.07, 6.45) is 3.37. The van der Waals surface area contributed by atoms with Gasteiger partial charge in [0.15, 0.2) is 5.82 Å². The number of nitrogens with one attached hydrogen (secondary N) is 4. The molecule has 0 unspecified atom stereocenters. The molecule has 0 aliphatic carbocycles. The molecule has 190 valence electrons. The summed E-state index contributed by atoms with van der Waals surface area (Å²) in [4.78, 5) is 27.9. The molecule has 37 heavy (non-hydrogen) atoms. The lowest BCUT2D eigenvalue weighted by atomic mass is 10.1. The zero-order valence-corrected chi connectivity index (χ0v) is 19.9. The van der Waals surface area contributed by atoms with E-state index >= 15 is 0 Å². The molecule has 5 rings (SSSR count). The third-order valence-electron chi connectivity index (χ3n) is 5.88. The molecule has 3 heterocycles. The van der Waals surface area contributed by atoms with Crippen LogP contribution in [0.3, 0.4) is 0 Å². The van der Waals surface area contributed by atoms with Crippen molar-refractivity contribution in [2.24, 2.45) is 0 Å². The predicted octanol–water partition coefficient (Wildman–Crippen LogP) is 3.27. The molecular weight excluding hydrogens is 506 g/mol. The van der Waals surface area contributed by atoms with Crippen molar-refractivity contribution in [1.29, 1.82) is 0 Å². The second-order valence-corrected chi connectivity index (χ2v) is 10.2. The van der Waals surface area contributed by atoms with Crippen LogP contribution in [-0.2, 0) is 23.0 Å². The fourth-order valence-electron chi connectivity index (χ4n) is 4.03. The van der Waals surface area contributed by atoms with Crippen molar-refractivity contribution in [2.75, 3.05) is 17.2 Å². The first-order chi connectivity index (χ1) is 17.7. The van der Waals surface area contributed by atoms with Crippen LogP contribution in [0.15, 0.2) is 65.8 Å². The zero-order chi connectivity index (χ0) is 26.2. The minimum Gasteiger partial charge on any atom is -0.367 e. The van der Waals surface area contributed by atoms with E-state index in [1.807, 2.05) is 0 Å². The first-order valence-corrected chi connectivity index (χ1v) is 12.5. The van der Waals surface area contributed by atoms with Gasteiger partial charge in [0.25, 0.3) is 11.8 Å². The molecule has 10 nitrogen and oxygen atoms in total. The Kier molecular flexibility index (Phi) is 6.31. The van der Waals surface area contributed by atoms with Crippen LogP contribution in [0.4, 0.5) is 20.3 Å². The van der Waals surface area contributed by atoms with E-state index in [2.05, 4.69) is 25.8 Å². The number of carbonyl (C=O) groups is 2. The molecule has 4 N–H and O–H groups in total. The Morgan fingerprint density at radius 3 is 2.49 bits per heavy atom. The topological polar surface area (TPSA) is 140 Å². The van der Waals surface area contributed by atoms with E-state index in [0.717, 1.165) is 16.4 Å². The Balaban J connectivity index is 1.37. The second kappa shape index (κ2) is 9.59. The highest BCUT2D eigenvalue weighted by Gasteiger charge is 2.32. The average molecular weight is 527 g/mol. The molecule has 1 aliphatic rings. The van der Waals surface area contributed by atoms with E-state index in [-0.39, 0.29) is 36.6 Å². The molecule has 0 radical (unpaired) electrons. The number of sulfonamides is 1. The van der Waals surface area contributed by atoms with Crippen molar-refractivity contribution in [3.8, 4) is 0 Å². The number of para-hydroxylation sites is 1. The molecule has 2 amide bonds. The van der Waals surface area contributed by atoms with Crippen LogP contribution in [0.25, 0.3) is 0 Å². The van der Waals surface area contributed by atoms with Gasteiger partial charge in [0.2, 0.25) is 10.0 Å².